The van der Waals surface area contributed by atoms with Gasteiger partial charge in [-0.2, -0.15) is 0 Å². The number of carbonyl (C=O) groups excluding carboxylic acids is 1. The normalized spacial score (nSPS) is 13.1. The molecule has 2 atom stereocenters. The summed E-state index contributed by atoms with van der Waals surface area (Å²) in [5.41, 5.74) is 8.09. The summed E-state index contributed by atoms with van der Waals surface area (Å²) in [6.45, 7) is 3.14. The maximum absolute atomic E-state index is 11.6. The summed E-state index contributed by atoms with van der Waals surface area (Å²) in [6.07, 6.45) is 0.907. The fourth-order valence-corrected chi connectivity index (χ4v) is 3.77. The topological polar surface area (TPSA) is 86.8 Å². The Kier molecular flexibility index (Phi) is 7.82. The highest BCUT2D eigenvalue weighted by molar-refractivity contribution is 5.95. The molecule has 0 saturated heterocycles. The van der Waals surface area contributed by atoms with Gasteiger partial charge in [-0.25, -0.2) is 0 Å². The van der Waals surface area contributed by atoms with E-state index in [0.29, 0.717) is 18.7 Å². The van der Waals surface area contributed by atoms with Crippen molar-refractivity contribution in [1.29, 1.82) is 0 Å². The van der Waals surface area contributed by atoms with E-state index in [2.05, 4.69) is 36.1 Å². The SMILES string of the molecule is C[C@H](CCc1ccccc1)N(Cc1ccccc1)C[C@H](O)c1cccc(C(N)=O)c1O. The van der Waals surface area contributed by atoms with Crippen LogP contribution in [0.25, 0.3) is 0 Å². The van der Waals surface area contributed by atoms with Crippen molar-refractivity contribution in [3.05, 3.63) is 101 Å². The number of rotatable bonds is 10. The third-order valence-corrected chi connectivity index (χ3v) is 5.64. The van der Waals surface area contributed by atoms with E-state index in [1.54, 1.807) is 12.1 Å². The fraction of sp³-hybridized carbons (Fsp3) is 0.269. The highest BCUT2D eigenvalue weighted by Crippen LogP contribution is 2.29. The predicted molar refractivity (Wildman–Crippen MR) is 123 cm³/mol. The average molecular weight is 419 g/mol. The number of para-hydroxylation sites is 1. The molecule has 0 bridgehead atoms. The number of primary amides is 1. The zero-order valence-corrected chi connectivity index (χ0v) is 17.8. The van der Waals surface area contributed by atoms with Crippen LogP contribution in [-0.2, 0) is 13.0 Å². The third kappa shape index (κ3) is 6.17. The molecule has 162 valence electrons. The summed E-state index contributed by atoms with van der Waals surface area (Å²) in [5.74, 6) is -0.969. The highest BCUT2D eigenvalue weighted by atomic mass is 16.3. The van der Waals surface area contributed by atoms with Gasteiger partial charge in [0.15, 0.2) is 0 Å². The van der Waals surface area contributed by atoms with E-state index in [9.17, 15) is 15.0 Å². The van der Waals surface area contributed by atoms with Crippen LogP contribution in [0.15, 0.2) is 78.9 Å². The number of hydrogen-bond acceptors (Lipinski definition) is 4. The van der Waals surface area contributed by atoms with Crippen LogP contribution in [0.5, 0.6) is 5.75 Å². The number of carbonyl (C=O) groups is 1. The lowest BCUT2D eigenvalue weighted by atomic mass is 10.0. The zero-order chi connectivity index (χ0) is 22.2. The van der Waals surface area contributed by atoms with Crippen LogP contribution < -0.4 is 5.73 Å². The molecule has 5 nitrogen and oxygen atoms in total. The van der Waals surface area contributed by atoms with E-state index >= 15 is 0 Å². The summed E-state index contributed by atoms with van der Waals surface area (Å²) in [6, 6.07) is 25.3. The number of nitrogens with two attached hydrogens (primary N) is 1. The van der Waals surface area contributed by atoms with Crippen LogP contribution in [0.1, 0.15) is 46.5 Å². The molecule has 0 fully saturated rings. The molecule has 3 aromatic rings. The summed E-state index contributed by atoms with van der Waals surface area (Å²) in [7, 11) is 0. The molecule has 3 rings (SSSR count). The second kappa shape index (κ2) is 10.8. The highest BCUT2D eigenvalue weighted by Gasteiger charge is 2.23. The Morgan fingerprint density at radius 1 is 0.935 bits per heavy atom. The minimum Gasteiger partial charge on any atom is -0.507 e. The molecule has 0 spiro atoms. The van der Waals surface area contributed by atoms with Gasteiger partial charge >= 0.3 is 0 Å². The van der Waals surface area contributed by atoms with Crippen LogP contribution >= 0.6 is 0 Å². The van der Waals surface area contributed by atoms with Crippen LogP contribution in [0.4, 0.5) is 0 Å². The number of aryl methyl sites for hydroxylation is 1. The molecular formula is C26H30N2O3. The Labute approximate surface area is 183 Å². The largest absolute Gasteiger partial charge is 0.507 e. The number of hydrogen-bond donors (Lipinski definition) is 3. The molecule has 0 unspecified atom stereocenters. The van der Waals surface area contributed by atoms with Crippen molar-refractivity contribution in [3.8, 4) is 5.75 Å². The maximum Gasteiger partial charge on any atom is 0.252 e. The first-order valence-electron chi connectivity index (χ1n) is 10.6. The smallest absolute Gasteiger partial charge is 0.252 e. The minimum absolute atomic E-state index is 0.0169. The van der Waals surface area contributed by atoms with Gasteiger partial charge in [-0.05, 0) is 37.0 Å². The van der Waals surface area contributed by atoms with Crippen LogP contribution in [0, 0.1) is 0 Å². The van der Waals surface area contributed by atoms with Crippen LogP contribution in [0.2, 0.25) is 0 Å². The molecule has 0 aromatic heterocycles. The third-order valence-electron chi connectivity index (χ3n) is 5.64. The first kappa shape index (κ1) is 22.5. The van der Waals surface area contributed by atoms with E-state index in [1.807, 2.05) is 36.4 Å². The van der Waals surface area contributed by atoms with Gasteiger partial charge in [0, 0.05) is 24.7 Å². The Balaban J connectivity index is 1.77. The number of aliphatic hydroxyl groups excluding tert-OH is 1. The van der Waals surface area contributed by atoms with Crippen molar-refractivity contribution in [2.75, 3.05) is 6.54 Å². The summed E-state index contributed by atoms with van der Waals surface area (Å²) in [4.78, 5) is 13.8. The van der Waals surface area contributed by atoms with E-state index in [-0.39, 0.29) is 17.4 Å². The van der Waals surface area contributed by atoms with Gasteiger partial charge < -0.3 is 15.9 Å². The van der Waals surface area contributed by atoms with E-state index < -0.39 is 12.0 Å². The molecule has 0 aliphatic rings. The molecular weight excluding hydrogens is 388 g/mol. The standard InChI is InChI=1S/C26H30N2O3/c1-19(15-16-20-9-4-2-5-10-20)28(17-21-11-6-3-7-12-21)18-24(29)22-13-8-14-23(25(22)30)26(27)31/h2-14,19,24,29-30H,15-18H2,1H3,(H2,27,31)/t19-,24+/m1/s1. The fourth-order valence-electron chi connectivity index (χ4n) is 3.77. The molecule has 4 N–H and O–H groups in total. The molecule has 0 heterocycles. The van der Waals surface area contributed by atoms with E-state index in [1.165, 1.54) is 11.6 Å². The van der Waals surface area contributed by atoms with Gasteiger partial charge in [0.2, 0.25) is 0 Å². The zero-order valence-electron chi connectivity index (χ0n) is 17.8. The Hall–Kier alpha value is -3.15. The molecule has 5 heteroatoms. The second-order valence-corrected chi connectivity index (χ2v) is 7.91. The summed E-state index contributed by atoms with van der Waals surface area (Å²) in [5, 5.41) is 21.4. The van der Waals surface area contributed by atoms with Crippen molar-refractivity contribution in [2.24, 2.45) is 5.73 Å². The summed E-state index contributed by atoms with van der Waals surface area (Å²) >= 11 is 0. The molecule has 0 saturated carbocycles. The van der Waals surface area contributed by atoms with Gasteiger partial charge in [0.25, 0.3) is 5.91 Å². The lowest BCUT2D eigenvalue weighted by Crippen LogP contribution is -2.36. The number of phenols is 1. The first-order chi connectivity index (χ1) is 15.0. The van der Waals surface area contributed by atoms with Crippen molar-refractivity contribution in [3.63, 3.8) is 0 Å². The Morgan fingerprint density at radius 2 is 1.55 bits per heavy atom. The van der Waals surface area contributed by atoms with Gasteiger partial charge in [-0.1, -0.05) is 72.8 Å². The maximum atomic E-state index is 11.6. The number of benzene rings is 3. The van der Waals surface area contributed by atoms with Crippen molar-refractivity contribution >= 4 is 5.91 Å². The van der Waals surface area contributed by atoms with Crippen LogP contribution in [-0.4, -0.2) is 33.6 Å². The first-order valence-corrected chi connectivity index (χ1v) is 10.6. The summed E-state index contributed by atoms with van der Waals surface area (Å²) < 4.78 is 0. The second-order valence-electron chi connectivity index (χ2n) is 7.91. The quantitative estimate of drug-likeness (QED) is 0.464. The van der Waals surface area contributed by atoms with Crippen LogP contribution in [0.3, 0.4) is 0 Å². The molecule has 1 amide bonds. The Bertz CT molecular complexity index is 976. The Morgan fingerprint density at radius 3 is 2.16 bits per heavy atom. The van der Waals surface area contributed by atoms with E-state index in [0.717, 1.165) is 18.4 Å². The van der Waals surface area contributed by atoms with Crippen molar-refractivity contribution in [2.45, 2.75) is 38.5 Å². The number of aromatic hydroxyl groups is 1. The number of aliphatic hydroxyl groups is 1. The monoisotopic (exact) mass is 418 g/mol. The molecule has 0 aliphatic carbocycles. The van der Waals surface area contributed by atoms with Gasteiger partial charge in [-0.15, -0.1) is 0 Å². The van der Waals surface area contributed by atoms with Gasteiger partial charge in [0.1, 0.15) is 5.75 Å². The van der Waals surface area contributed by atoms with Crippen molar-refractivity contribution < 1.29 is 15.0 Å². The molecule has 0 radical (unpaired) electrons. The molecule has 0 aliphatic heterocycles. The van der Waals surface area contributed by atoms with Gasteiger partial charge in [0.05, 0.1) is 11.7 Å². The van der Waals surface area contributed by atoms with E-state index in [4.69, 9.17) is 5.73 Å². The lowest BCUT2D eigenvalue weighted by molar-refractivity contribution is 0.0816. The molecule has 31 heavy (non-hydrogen) atoms. The number of nitrogens with zero attached hydrogens (tertiary/aromatic N) is 1. The van der Waals surface area contributed by atoms with Crippen molar-refractivity contribution in [1.82, 2.24) is 4.90 Å². The lowest BCUT2D eigenvalue weighted by Gasteiger charge is -2.31. The number of amides is 1. The average Bonchev–Trinajstić information content (AvgIpc) is 2.78. The predicted octanol–water partition coefficient (Wildman–Crippen LogP) is 4.05. The van der Waals surface area contributed by atoms with Gasteiger partial charge in [-0.3, -0.25) is 9.69 Å². The molecule has 3 aromatic carbocycles. The minimum atomic E-state index is -0.956.